The van der Waals surface area contributed by atoms with Gasteiger partial charge in [-0.15, -0.1) is 0 Å². The van der Waals surface area contributed by atoms with Crippen molar-refractivity contribution in [2.75, 3.05) is 0 Å². The zero-order valence-corrected chi connectivity index (χ0v) is 11.3. The molecule has 20 heavy (non-hydrogen) atoms. The molecular formula is C10H13N3O6S. The lowest BCUT2D eigenvalue weighted by molar-refractivity contribution is -0.389. The van der Waals surface area contributed by atoms with E-state index in [2.05, 4.69) is 4.98 Å². The lowest BCUT2D eigenvalue weighted by atomic mass is 10.2. The quantitative estimate of drug-likeness (QED) is 0.552. The van der Waals surface area contributed by atoms with Gasteiger partial charge in [0.2, 0.25) is 10.0 Å². The third-order valence-electron chi connectivity index (χ3n) is 2.39. The van der Waals surface area contributed by atoms with E-state index in [1.165, 1.54) is 0 Å². The van der Waals surface area contributed by atoms with Crippen LogP contribution in [0.1, 0.15) is 19.8 Å². The van der Waals surface area contributed by atoms with Crippen LogP contribution in [0.3, 0.4) is 0 Å². The highest BCUT2D eigenvalue weighted by molar-refractivity contribution is 7.89. The van der Waals surface area contributed by atoms with E-state index in [9.17, 15) is 23.3 Å². The van der Waals surface area contributed by atoms with Crippen molar-refractivity contribution in [2.45, 2.75) is 30.7 Å². The Hall–Kier alpha value is -2.07. The fraction of sp³-hybridized carbons (Fsp3) is 0.400. The lowest BCUT2D eigenvalue weighted by Gasteiger charge is -2.13. The summed E-state index contributed by atoms with van der Waals surface area (Å²) in [5.41, 5.74) is 0. The summed E-state index contributed by atoms with van der Waals surface area (Å²) in [5, 5.41) is 19.3. The van der Waals surface area contributed by atoms with E-state index in [0.29, 0.717) is 6.42 Å². The van der Waals surface area contributed by atoms with Crippen molar-refractivity contribution in [3.8, 4) is 0 Å². The summed E-state index contributed by atoms with van der Waals surface area (Å²) in [6.07, 6.45) is 1.43. The molecule has 0 radical (unpaired) electrons. The maximum Gasteiger partial charge on any atom is 0.363 e. The number of pyridine rings is 1. The second-order valence-corrected chi connectivity index (χ2v) is 5.62. The van der Waals surface area contributed by atoms with Crippen LogP contribution in [0.5, 0.6) is 0 Å². The number of aliphatic carboxylic acids is 1. The largest absolute Gasteiger partial charge is 0.480 e. The van der Waals surface area contributed by atoms with Crippen LogP contribution < -0.4 is 4.72 Å². The molecule has 2 N–H and O–H groups in total. The first kappa shape index (κ1) is 16.0. The molecule has 0 amide bonds. The van der Waals surface area contributed by atoms with Crippen LogP contribution in [0.4, 0.5) is 5.82 Å². The number of nitrogens with one attached hydrogen (secondary N) is 1. The summed E-state index contributed by atoms with van der Waals surface area (Å²) in [6.45, 7) is 1.72. The van der Waals surface area contributed by atoms with Crippen molar-refractivity contribution < 1.29 is 23.2 Å². The highest BCUT2D eigenvalue weighted by Gasteiger charge is 2.26. The number of nitro groups is 1. The molecule has 0 aliphatic rings. The van der Waals surface area contributed by atoms with Crippen LogP contribution in [0, 0.1) is 10.1 Å². The minimum atomic E-state index is -4.09. The van der Waals surface area contributed by atoms with Gasteiger partial charge in [0.25, 0.3) is 0 Å². The zero-order valence-electron chi connectivity index (χ0n) is 10.5. The Kier molecular flexibility index (Phi) is 5.11. The average Bonchev–Trinajstić information content (AvgIpc) is 2.38. The van der Waals surface area contributed by atoms with Crippen LogP contribution in [-0.2, 0) is 14.8 Å². The summed E-state index contributed by atoms with van der Waals surface area (Å²) in [5.74, 6) is -1.78. The van der Waals surface area contributed by atoms with Gasteiger partial charge in [-0.25, -0.2) is 8.42 Å². The van der Waals surface area contributed by atoms with E-state index in [1.54, 1.807) is 6.92 Å². The highest BCUT2D eigenvalue weighted by Crippen LogP contribution is 2.13. The summed E-state index contributed by atoms with van der Waals surface area (Å²) in [4.78, 5) is 23.6. The molecule has 0 bridgehead atoms. The number of sulfonamides is 1. The molecule has 0 saturated carbocycles. The lowest BCUT2D eigenvalue weighted by Crippen LogP contribution is -2.40. The number of nitrogens with zero attached hydrogens (tertiary/aromatic N) is 2. The van der Waals surface area contributed by atoms with E-state index in [0.717, 1.165) is 18.3 Å². The second kappa shape index (κ2) is 6.39. The Morgan fingerprint density at radius 1 is 1.55 bits per heavy atom. The smallest absolute Gasteiger partial charge is 0.363 e. The molecule has 1 atom stereocenters. The first-order valence-electron chi connectivity index (χ1n) is 5.63. The van der Waals surface area contributed by atoms with Gasteiger partial charge in [-0.3, -0.25) is 4.79 Å². The van der Waals surface area contributed by atoms with Gasteiger partial charge in [-0.1, -0.05) is 13.3 Å². The molecular weight excluding hydrogens is 290 g/mol. The van der Waals surface area contributed by atoms with Gasteiger partial charge in [0.1, 0.15) is 10.9 Å². The van der Waals surface area contributed by atoms with Crippen LogP contribution in [0.2, 0.25) is 0 Å². The molecule has 0 aliphatic carbocycles. The standard InChI is InChI=1S/C10H13N3O6S/c1-2-3-8(10(14)15)12-20(18,19)7-4-5-9(11-6-7)13(16)17/h4-6,8,12H,2-3H2,1H3,(H,14,15)/t8-/m1/s1. The predicted molar refractivity (Wildman–Crippen MR) is 67.5 cm³/mol. The van der Waals surface area contributed by atoms with E-state index >= 15 is 0 Å². The second-order valence-electron chi connectivity index (χ2n) is 3.91. The third kappa shape index (κ3) is 3.96. The fourth-order valence-corrected chi connectivity index (χ4v) is 2.58. The van der Waals surface area contributed by atoms with Crippen molar-refractivity contribution in [1.29, 1.82) is 0 Å². The van der Waals surface area contributed by atoms with Gasteiger partial charge in [0.15, 0.2) is 6.20 Å². The molecule has 0 unspecified atom stereocenters. The Morgan fingerprint density at radius 2 is 2.20 bits per heavy atom. The van der Waals surface area contributed by atoms with Crippen LogP contribution in [0.25, 0.3) is 0 Å². The van der Waals surface area contributed by atoms with E-state index < -0.39 is 32.8 Å². The van der Waals surface area contributed by atoms with Crippen molar-refractivity contribution in [3.63, 3.8) is 0 Å². The third-order valence-corrected chi connectivity index (χ3v) is 3.85. The normalized spacial score (nSPS) is 12.8. The molecule has 0 aromatic carbocycles. The molecule has 0 aliphatic heterocycles. The molecule has 1 aromatic heterocycles. The summed E-state index contributed by atoms with van der Waals surface area (Å²) < 4.78 is 25.9. The van der Waals surface area contributed by atoms with E-state index in [-0.39, 0.29) is 11.3 Å². The predicted octanol–water partition coefficient (Wildman–Crippen LogP) is 0.521. The van der Waals surface area contributed by atoms with E-state index in [1.807, 2.05) is 4.72 Å². The molecule has 110 valence electrons. The number of aromatic nitrogens is 1. The minimum Gasteiger partial charge on any atom is -0.480 e. The number of carbonyl (C=O) groups is 1. The molecule has 1 rings (SSSR count). The molecule has 1 aromatic rings. The van der Waals surface area contributed by atoms with Gasteiger partial charge in [0, 0.05) is 6.07 Å². The van der Waals surface area contributed by atoms with Gasteiger partial charge < -0.3 is 15.2 Å². The summed E-state index contributed by atoms with van der Waals surface area (Å²) in [6, 6.07) is 0.683. The minimum absolute atomic E-state index is 0.134. The SMILES string of the molecule is CCC[C@@H](NS(=O)(=O)c1ccc([N+](=O)[O-])nc1)C(=O)O. The first-order valence-corrected chi connectivity index (χ1v) is 7.12. The molecule has 0 fully saturated rings. The van der Waals surface area contributed by atoms with Crippen molar-refractivity contribution in [3.05, 3.63) is 28.4 Å². The molecule has 10 heteroatoms. The van der Waals surface area contributed by atoms with Crippen LogP contribution in [0.15, 0.2) is 23.2 Å². The maximum atomic E-state index is 11.9. The van der Waals surface area contributed by atoms with Crippen molar-refractivity contribution in [2.24, 2.45) is 0 Å². The summed E-state index contributed by atoms with van der Waals surface area (Å²) >= 11 is 0. The molecule has 1 heterocycles. The molecule has 9 nitrogen and oxygen atoms in total. The van der Waals surface area contributed by atoms with Crippen LogP contribution in [-0.4, -0.2) is 35.4 Å². The Labute approximate surface area is 114 Å². The molecule has 0 saturated heterocycles. The van der Waals surface area contributed by atoms with E-state index in [4.69, 9.17) is 5.11 Å². The average molecular weight is 303 g/mol. The van der Waals surface area contributed by atoms with Gasteiger partial charge in [-0.2, -0.15) is 4.72 Å². The number of hydrogen-bond donors (Lipinski definition) is 2. The maximum absolute atomic E-state index is 11.9. The topological polar surface area (TPSA) is 140 Å². The number of carboxylic acid groups (broad SMARTS) is 1. The number of hydrogen-bond acceptors (Lipinski definition) is 6. The Bertz CT molecular complexity index is 598. The number of carboxylic acids is 1. The fourth-order valence-electron chi connectivity index (χ4n) is 1.42. The number of rotatable bonds is 7. The van der Waals surface area contributed by atoms with Crippen molar-refractivity contribution in [1.82, 2.24) is 9.71 Å². The van der Waals surface area contributed by atoms with Crippen LogP contribution >= 0.6 is 0 Å². The Morgan fingerprint density at radius 3 is 2.60 bits per heavy atom. The Balaban J connectivity index is 2.98. The highest BCUT2D eigenvalue weighted by atomic mass is 32.2. The monoisotopic (exact) mass is 303 g/mol. The van der Waals surface area contributed by atoms with Crippen molar-refractivity contribution >= 4 is 21.8 Å². The first-order chi connectivity index (χ1) is 9.27. The summed E-state index contributed by atoms with van der Waals surface area (Å²) in [7, 11) is -4.09. The molecule has 0 spiro atoms. The zero-order chi connectivity index (χ0) is 15.3. The van der Waals surface area contributed by atoms with Gasteiger partial charge in [-0.05, 0) is 22.4 Å². The van der Waals surface area contributed by atoms with Gasteiger partial charge >= 0.3 is 11.8 Å². The van der Waals surface area contributed by atoms with Gasteiger partial charge in [0.05, 0.1) is 0 Å².